The third kappa shape index (κ3) is 8.72. The normalized spacial score (nSPS) is 12.5. The van der Waals surface area contributed by atoms with Crippen molar-refractivity contribution in [3.63, 3.8) is 0 Å². The predicted octanol–water partition coefficient (Wildman–Crippen LogP) is 4.59. The summed E-state index contributed by atoms with van der Waals surface area (Å²) in [5.41, 5.74) is 0. The Morgan fingerprint density at radius 3 is 1.78 bits per heavy atom. The van der Waals surface area contributed by atoms with E-state index in [2.05, 4.69) is 67.1 Å². The molecule has 0 saturated heterocycles. The molecule has 2 rings (SSSR count). The van der Waals surface area contributed by atoms with Crippen LogP contribution in [-0.4, -0.2) is 21.2 Å². The van der Waals surface area contributed by atoms with Gasteiger partial charge >= 0.3 is 0 Å². The molecule has 0 saturated carbocycles. The van der Waals surface area contributed by atoms with Crippen LogP contribution in [-0.2, 0) is 10.0 Å². The minimum Gasteiger partial charge on any atom is -0.215 e. The molecular weight excluding hydrogens is 306 g/mol. The molecule has 0 aliphatic carbocycles. The third-order valence-electron chi connectivity index (χ3n) is 3.84. The summed E-state index contributed by atoms with van der Waals surface area (Å²) in [6.07, 6.45) is 5.73. The largest absolute Gasteiger partial charge is 0.215 e. The summed E-state index contributed by atoms with van der Waals surface area (Å²) in [6.45, 7) is 4.84. The number of fused-ring (bicyclic) bond motifs is 1. The fourth-order valence-corrected chi connectivity index (χ4v) is 2.88. The molecule has 2 aromatic carbocycles. The molecule has 1 N–H and O–H groups in total. The fraction of sp³-hybridized carbons (Fsp3) is 0.474. The number of unbranched alkanes of at least 4 members (excludes halogenated alkanes) is 1. The summed E-state index contributed by atoms with van der Waals surface area (Å²) in [5.74, 6) is 0.495. The highest BCUT2D eigenvalue weighted by Gasteiger charge is 2.08. The van der Waals surface area contributed by atoms with Gasteiger partial charge in [0, 0.05) is 6.54 Å². The van der Waals surface area contributed by atoms with E-state index in [1.165, 1.54) is 29.9 Å². The van der Waals surface area contributed by atoms with Gasteiger partial charge in [-0.15, -0.1) is 0 Å². The van der Waals surface area contributed by atoms with Crippen molar-refractivity contribution in [2.45, 2.75) is 39.5 Å². The highest BCUT2D eigenvalue weighted by atomic mass is 32.2. The molecule has 0 aromatic heterocycles. The second-order valence-electron chi connectivity index (χ2n) is 5.88. The monoisotopic (exact) mass is 335 g/mol. The van der Waals surface area contributed by atoms with Crippen LogP contribution in [0.4, 0.5) is 0 Å². The summed E-state index contributed by atoms with van der Waals surface area (Å²) in [4.78, 5) is 0. The van der Waals surface area contributed by atoms with E-state index in [0.717, 1.165) is 12.8 Å². The highest BCUT2D eigenvalue weighted by molar-refractivity contribution is 7.88. The van der Waals surface area contributed by atoms with Gasteiger partial charge in [-0.05, 0) is 23.1 Å². The van der Waals surface area contributed by atoms with Gasteiger partial charge in [-0.25, -0.2) is 13.1 Å². The second-order valence-corrected chi connectivity index (χ2v) is 7.72. The van der Waals surface area contributed by atoms with Crippen LogP contribution >= 0.6 is 0 Å². The molecule has 0 spiro atoms. The lowest BCUT2D eigenvalue weighted by Crippen LogP contribution is -2.28. The predicted molar refractivity (Wildman–Crippen MR) is 100 cm³/mol. The number of rotatable bonds is 7. The minimum absolute atomic E-state index is 0.495. The summed E-state index contributed by atoms with van der Waals surface area (Å²) in [5, 5.41) is 2.62. The minimum atomic E-state index is -3.00. The Hall–Kier alpha value is -1.39. The van der Waals surface area contributed by atoms with Crippen LogP contribution in [0.25, 0.3) is 10.8 Å². The number of sulfonamides is 1. The zero-order chi connectivity index (χ0) is 17.1. The first-order chi connectivity index (χ1) is 11.0. The summed E-state index contributed by atoms with van der Waals surface area (Å²) in [6, 6.07) is 16.7. The molecule has 0 bridgehead atoms. The lowest BCUT2D eigenvalue weighted by atomic mass is 10.00. The van der Waals surface area contributed by atoms with E-state index in [0.29, 0.717) is 12.5 Å². The summed E-state index contributed by atoms with van der Waals surface area (Å²) < 4.78 is 24.2. The van der Waals surface area contributed by atoms with Crippen molar-refractivity contribution in [1.29, 1.82) is 0 Å². The number of nitrogens with one attached hydrogen (secondary N) is 1. The number of benzene rings is 2. The first-order valence-corrected chi connectivity index (χ1v) is 10.2. The molecule has 0 amide bonds. The molecular formula is C19H29NO2S. The van der Waals surface area contributed by atoms with Crippen molar-refractivity contribution in [1.82, 2.24) is 4.72 Å². The quantitative estimate of drug-likeness (QED) is 0.804. The molecule has 0 radical (unpaired) electrons. The van der Waals surface area contributed by atoms with Gasteiger partial charge in [0.15, 0.2) is 0 Å². The van der Waals surface area contributed by atoms with Gasteiger partial charge in [0.1, 0.15) is 0 Å². The second kappa shape index (κ2) is 10.4. The van der Waals surface area contributed by atoms with Crippen LogP contribution in [0.1, 0.15) is 39.5 Å². The number of hydrogen-bond acceptors (Lipinski definition) is 2. The Kier molecular flexibility index (Phi) is 8.89. The maximum atomic E-state index is 10.8. The van der Waals surface area contributed by atoms with Crippen molar-refractivity contribution in [2.75, 3.05) is 12.8 Å². The van der Waals surface area contributed by atoms with Gasteiger partial charge in [0.05, 0.1) is 6.26 Å². The molecule has 1 unspecified atom stereocenters. The van der Waals surface area contributed by atoms with E-state index in [1.807, 2.05) is 0 Å². The van der Waals surface area contributed by atoms with E-state index in [4.69, 9.17) is 0 Å². The van der Waals surface area contributed by atoms with Crippen LogP contribution in [0.2, 0.25) is 0 Å². The van der Waals surface area contributed by atoms with E-state index >= 15 is 0 Å². The average Bonchev–Trinajstić information content (AvgIpc) is 2.55. The van der Waals surface area contributed by atoms with Gasteiger partial charge in [-0.2, -0.15) is 0 Å². The van der Waals surface area contributed by atoms with Gasteiger partial charge in [-0.1, -0.05) is 81.6 Å². The molecule has 128 valence electrons. The molecule has 3 nitrogen and oxygen atoms in total. The lowest BCUT2D eigenvalue weighted by molar-refractivity contribution is 0.444. The number of hydrogen-bond donors (Lipinski definition) is 1. The first-order valence-electron chi connectivity index (χ1n) is 8.34. The molecule has 23 heavy (non-hydrogen) atoms. The third-order valence-corrected chi connectivity index (χ3v) is 4.53. The van der Waals surface area contributed by atoms with Crippen LogP contribution < -0.4 is 4.72 Å². The first kappa shape index (κ1) is 19.7. The van der Waals surface area contributed by atoms with E-state index in [9.17, 15) is 8.42 Å². The fourth-order valence-electron chi connectivity index (χ4n) is 2.35. The Morgan fingerprint density at radius 2 is 1.43 bits per heavy atom. The molecule has 0 heterocycles. The molecule has 4 heteroatoms. The average molecular weight is 336 g/mol. The van der Waals surface area contributed by atoms with Crippen molar-refractivity contribution in [2.24, 2.45) is 5.92 Å². The van der Waals surface area contributed by atoms with Crippen molar-refractivity contribution >= 4 is 20.8 Å². The van der Waals surface area contributed by atoms with E-state index < -0.39 is 10.0 Å². The van der Waals surface area contributed by atoms with Gasteiger partial charge < -0.3 is 0 Å². The Balaban J connectivity index is 0.000000235. The summed E-state index contributed by atoms with van der Waals surface area (Å²) in [7, 11) is -3.00. The van der Waals surface area contributed by atoms with Crippen LogP contribution in [0.15, 0.2) is 48.5 Å². The Bertz CT molecular complexity index is 602. The summed E-state index contributed by atoms with van der Waals surface area (Å²) >= 11 is 0. The molecule has 2 aromatic rings. The van der Waals surface area contributed by atoms with Crippen molar-refractivity contribution in [3.05, 3.63) is 48.5 Å². The van der Waals surface area contributed by atoms with Crippen LogP contribution in [0.5, 0.6) is 0 Å². The van der Waals surface area contributed by atoms with Crippen LogP contribution in [0, 0.1) is 5.92 Å². The molecule has 1 atom stereocenters. The lowest BCUT2D eigenvalue weighted by Gasteiger charge is -2.13. The maximum Gasteiger partial charge on any atom is 0.208 e. The molecule has 0 aliphatic rings. The molecule has 0 fully saturated rings. The zero-order valence-corrected chi connectivity index (χ0v) is 15.3. The van der Waals surface area contributed by atoms with Crippen LogP contribution in [0.3, 0.4) is 0 Å². The topological polar surface area (TPSA) is 46.2 Å². The van der Waals surface area contributed by atoms with E-state index in [-0.39, 0.29) is 0 Å². The van der Waals surface area contributed by atoms with Crippen molar-refractivity contribution in [3.8, 4) is 0 Å². The molecule has 0 aliphatic heterocycles. The highest BCUT2D eigenvalue weighted by Crippen LogP contribution is 2.12. The Labute approximate surface area is 141 Å². The van der Waals surface area contributed by atoms with Crippen molar-refractivity contribution < 1.29 is 8.42 Å². The van der Waals surface area contributed by atoms with E-state index in [1.54, 1.807) is 0 Å². The zero-order valence-electron chi connectivity index (χ0n) is 14.5. The van der Waals surface area contributed by atoms with Gasteiger partial charge in [-0.3, -0.25) is 0 Å². The maximum absolute atomic E-state index is 10.8. The smallest absolute Gasteiger partial charge is 0.208 e. The SMILES string of the molecule is CCCCC(CC)CNS(C)(=O)=O.c1ccc2ccccc2c1. The van der Waals surface area contributed by atoms with Gasteiger partial charge in [0.25, 0.3) is 0 Å². The Morgan fingerprint density at radius 1 is 0.957 bits per heavy atom. The van der Waals surface area contributed by atoms with Gasteiger partial charge in [0.2, 0.25) is 10.0 Å². The standard InChI is InChI=1S/C10H8.C9H21NO2S/c1-2-6-10-8-4-3-7-9(10)5-1;1-4-6-7-9(5-2)8-10-13(3,11)12/h1-8H;9-10H,4-8H2,1-3H3.